The zero-order valence-corrected chi connectivity index (χ0v) is 11.8. The van der Waals surface area contributed by atoms with Crippen molar-refractivity contribution in [2.45, 2.75) is 13.8 Å². The first-order valence-corrected chi connectivity index (χ1v) is 6.55. The number of nitrogens with zero attached hydrogens (tertiary/aromatic N) is 2. The summed E-state index contributed by atoms with van der Waals surface area (Å²) >= 11 is 0. The Morgan fingerprint density at radius 2 is 1.81 bits per heavy atom. The van der Waals surface area contributed by atoms with Crippen molar-refractivity contribution in [3.8, 4) is 22.6 Å². The molecule has 21 heavy (non-hydrogen) atoms. The molecule has 5 nitrogen and oxygen atoms in total. The summed E-state index contributed by atoms with van der Waals surface area (Å²) in [5.74, 6) is 2.12. The summed E-state index contributed by atoms with van der Waals surface area (Å²) in [5, 5.41) is 3.96. The lowest BCUT2D eigenvalue weighted by atomic mass is 10.1. The Hall–Kier alpha value is -2.82. The number of aryl methyl sites for hydroxylation is 2. The van der Waals surface area contributed by atoms with Crippen LogP contribution in [0.1, 0.15) is 11.5 Å². The van der Waals surface area contributed by atoms with E-state index in [1.807, 2.05) is 32.0 Å². The minimum atomic E-state index is 0.650. The fourth-order valence-electron chi connectivity index (χ4n) is 2.18. The van der Waals surface area contributed by atoms with Crippen molar-refractivity contribution in [3.05, 3.63) is 54.2 Å². The van der Waals surface area contributed by atoms with Crippen LogP contribution in [0.15, 0.2) is 47.2 Å². The molecule has 0 amide bonds. The largest absolute Gasteiger partial charge is 0.456 e. The number of hydrogen-bond acceptors (Lipinski definition) is 5. The minimum absolute atomic E-state index is 0.650. The van der Waals surface area contributed by atoms with Crippen molar-refractivity contribution < 1.29 is 9.26 Å². The van der Waals surface area contributed by atoms with E-state index in [1.165, 1.54) is 0 Å². The topological polar surface area (TPSA) is 74.2 Å². The molecule has 2 aromatic heterocycles. The molecule has 1 aromatic carbocycles. The molecule has 0 bridgehead atoms. The molecular weight excluding hydrogens is 266 g/mol. The Kier molecular flexibility index (Phi) is 3.31. The fraction of sp³-hybridized carbons (Fsp3) is 0.125. The molecular formula is C16H15N3O2. The van der Waals surface area contributed by atoms with E-state index in [0.717, 1.165) is 22.6 Å². The van der Waals surface area contributed by atoms with Crippen molar-refractivity contribution in [2.75, 3.05) is 5.73 Å². The number of anilines is 1. The van der Waals surface area contributed by atoms with Gasteiger partial charge in [0.2, 0.25) is 0 Å². The molecule has 3 aromatic rings. The van der Waals surface area contributed by atoms with Crippen LogP contribution < -0.4 is 10.5 Å². The van der Waals surface area contributed by atoms with E-state index in [9.17, 15) is 0 Å². The van der Waals surface area contributed by atoms with Gasteiger partial charge in [0, 0.05) is 23.0 Å². The van der Waals surface area contributed by atoms with Crippen LogP contribution in [0.25, 0.3) is 11.1 Å². The summed E-state index contributed by atoms with van der Waals surface area (Å²) in [6, 6.07) is 9.13. The Balaban J connectivity index is 1.92. The second-order valence-electron chi connectivity index (χ2n) is 4.78. The molecule has 2 heterocycles. The molecule has 0 saturated heterocycles. The quantitative estimate of drug-likeness (QED) is 0.740. The third-order valence-electron chi connectivity index (χ3n) is 3.15. The van der Waals surface area contributed by atoms with Crippen LogP contribution in [0.3, 0.4) is 0 Å². The van der Waals surface area contributed by atoms with E-state index >= 15 is 0 Å². The van der Waals surface area contributed by atoms with Crippen LogP contribution in [0.4, 0.5) is 5.69 Å². The van der Waals surface area contributed by atoms with Gasteiger partial charge in [-0.15, -0.1) is 0 Å². The number of ether oxygens (including phenoxy) is 1. The third-order valence-corrected chi connectivity index (χ3v) is 3.15. The van der Waals surface area contributed by atoms with Gasteiger partial charge in [0.25, 0.3) is 0 Å². The van der Waals surface area contributed by atoms with Gasteiger partial charge in [0.15, 0.2) is 0 Å². The molecule has 0 spiro atoms. The molecule has 0 aliphatic heterocycles. The normalized spacial score (nSPS) is 10.6. The van der Waals surface area contributed by atoms with Gasteiger partial charge in [-0.2, -0.15) is 0 Å². The van der Waals surface area contributed by atoms with Crippen molar-refractivity contribution in [1.29, 1.82) is 0 Å². The highest BCUT2D eigenvalue weighted by molar-refractivity contribution is 5.67. The van der Waals surface area contributed by atoms with Gasteiger partial charge in [-0.1, -0.05) is 5.16 Å². The van der Waals surface area contributed by atoms with Crippen LogP contribution in [-0.2, 0) is 0 Å². The number of aromatic nitrogens is 2. The van der Waals surface area contributed by atoms with Crippen molar-refractivity contribution in [2.24, 2.45) is 0 Å². The highest BCUT2D eigenvalue weighted by atomic mass is 16.5. The lowest BCUT2D eigenvalue weighted by Gasteiger charge is -2.07. The summed E-state index contributed by atoms with van der Waals surface area (Å²) in [7, 11) is 0. The fourth-order valence-corrected chi connectivity index (χ4v) is 2.18. The first-order chi connectivity index (χ1) is 10.1. The Labute approximate surface area is 122 Å². The van der Waals surface area contributed by atoms with Crippen molar-refractivity contribution in [3.63, 3.8) is 0 Å². The lowest BCUT2D eigenvalue weighted by molar-refractivity contribution is 0.393. The lowest BCUT2D eigenvalue weighted by Crippen LogP contribution is -1.89. The first-order valence-electron chi connectivity index (χ1n) is 6.55. The second-order valence-corrected chi connectivity index (χ2v) is 4.78. The van der Waals surface area contributed by atoms with Crippen LogP contribution in [0, 0.1) is 13.8 Å². The van der Waals surface area contributed by atoms with Gasteiger partial charge >= 0.3 is 0 Å². The van der Waals surface area contributed by atoms with Gasteiger partial charge < -0.3 is 15.0 Å². The summed E-state index contributed by atoms with van der Waals surface area (Å²) in [6.45, 7) is 3.78. The number of rotatable bonds is 3. The average molecular weight is 281 g/mol. The zero-order chi connectivity index (χ0) is 14.8. The van der Waals surface area contributed by atoms with Gasteiger partial charge in [-0.25, -0.2) is 0 Å². The van der Waals surface area contributed by atoms with Crippen LogP contribution in [-0.4, -0.2) is 10.1 Å². The SMILES string of the molecule is Cc1noc(C)c1-c1cncc(Oc2ccc(N)cc2)c1. The molecule has 0 unspecified atom stereocenters. The van der Waals surface area contributed by atoms with E-state index in [-0.39, 0.29) is 0 Å². The monoisotopic (exact) mass is 281 g/mol. The van der Waals surface area contributed by atoms with E-state index in [1.54, 1.807) is 24.5 Å². The maximum Gasteiger partial charge on any atom is 0.146 e. The zero-order valence-electron chi connectivity index (χ0n) is 11.8. The summed E-state index contributed by atoms with van der Waals surface area (Å²) in [6.07, 6.45) is 3.43. The van der Waals surface area contributed by atoms with E-state index in [2.05, 4.69) is 10.1 Å². The smallest absolute Gasteiger partial charge is 0.146 e. The van der Waals surface area contributed by atoms with E-state index in [0.29, 0.717) is 17.2 Å². The van der Waals surface area contributed by atoms with Crippen LogP contribution in [0.5, 0.6) is 11.5 Å². The number of hydrogen-bond donors (Lipinski definition) is 1. The molecule has 106 valence electrons. The highest BCUT2D eigenvalue weighted by Gasteiger charge is 2.12. The highest BCUT2D eigenvalue weighted by Crippen LogP contribution is 2.30. The van der Waals surface area contributed by atoms with Crippen LogP contribution >= 0.6 is 0 Å². The summed E-state index contributed by atoms with van der Waals surface area (Å²) in [4.78, 5) is 4.22. The Morgan fingerprint density at radius 1 is 1.05 bits per heavy atom. The van der Waals surface area contributed by atoms with Gasteiger partial charge in [0.1, 0.15) is 17.3 Å². The molecule has 5 heteroatoms. The molecule has 0 atom stereocenters. The van der Waals surface area contributed by atoms with E-state index in [4.69, 9.17) is 15.0 Å². The number of nitrogen functional groups attached to an aromatic ring is 1. The maximum atomic E-state index is 5.78. The molecule has 0 radical (unpaired) electrons. The van der Waals surface area contributed by atoms with Gasteiger partial charge in [-0.05, 0) is 44.2 Å². The standard InChI is InChI=1S/C16H15N3O2/c1-10-16(11(2)21-19-10)12-7-15(9-18-8-12)20-14-5-3-13(17)4-6-14/h3-9H,17H2,1-2H3. The minimum Gasteiger partial charge on any atom is -0.456 e. The van der Waals surface area contributed by atoms with Gasteiger partial charge in [0.05, 0.1) is 11.9 Å². The molecule has 0 fully saturated rings. The molecule has 0 aliphatic rings. The maximum absolute atomic E-state index is 5.78. The number of benzene rings is 1. The van der Waals surface area contributed by atoms with Gasteiger partial charge in [-0.3, -0.25) is 4.98 Å². The average Bonchev–Trinajstić information content (AvgIpc) is 2.81. The van der Waals surface area contributed by atoms with E-state index < -0.39 is 0 Å². The Morgan fingerprint density at radius 3 is 2.48 bits per heavy atom. The molecule has 3 rings (SSSR count). The predicted molar refractivity (Wildman–Crippen MR) is 80.1 cm³/mol. The summed E-state index contributed by atoms with van der Waals surface area (Å²) < 4.78 is 11.0. The van der Waals surface area contributed by atoms with Crippen LogP contribution in [0.2, 0.25) is 0 Å². The molecule has 0 aliphatic carbocycles. The van der Waals surface area contributed by atoms with Crippen molar-refractivity contribution in [1.82, 2.24) is 10.1 Å². The first kappa shape index (κ1) is 13.2. The Bertz CT molecular complexity index is 744. The third kappa shape index (κ3) is 2.72. The molecule has 2 N–H and O–H groups in total. The number of pyridine rings is 1. The summed E-state index contributed by atoms with van der Waals surface area (Å²) in [5.41, 5.74) is 9.05. The van der Waals surface area contributed by atoms with Crippen molar-refractivity contribution >= 4 is 5.69 Å². The molecule has 0 saturated carbocycles. The second kappa shape index (κ2) is 5.28. The number of nitrogens with two attached hydrogens (primary N) is 1. The predicted octanol–water partition coefficient (Wildman–Crippen LogP) is 3.73.